The first-order chi connectivity index (χ1) is 9.53. The number of aromatic nitrogens is 1. The number of anilines is 1. The third-order valence-electron chi connectivity index (χ3n) is 3.82. The van der Waals surface area contributed by atoms with E-state index in [4.69, 9.17) is 0 Å². The first-order valence-electron chi connectivity index (χ1n) is 7.20. The molecule has 1 aromatic heterocycles. The van der Waals surface area contributed by atoms with Crippen molar-refractivity contribution in [3.63, 3.8) is 0 Å². The van der Waals surface area contributed by atoms with Crippen LogP contribution < -0.4 is 10.0 Å². The zero-order valence-corrected chi connectivity index (χ0v) is 13.0. The first kappa shape index (κ1) is 15.3. The van der Waals surface area contributed by atoms with Gasteiger partial charge in [0.05, 0.1) is 5.69 Å². The van der Waals surface area contributed by atoms with Gasteiger partial charge in [0.25, 0.3) is 0 Å². The molecule has 2 N–H and O–H groups in total. The lowest BCUT2D eigenvalue weighted by molar-refractivity contribution is 0.449. The van der Waals surface area contributed by atoms with Gasteiger partial charge >= 0.3 is 0 Å². The Bertz CT molecular complexity index is 553. The summed E-state index contributed by atoms with van der Waals surface area (Å²) < 4.78 is 27.6. The molecule has 6 heteroatoms. The van der Waals surface area contributed by atoms with Crippen molar-refractivity contribution < 1.29 is 8.42 Å². The Morgan fingerprint density at radius 1 is 1.35 bits per heavy atom. The minimum Gasteiger partial charge on any atom is -0.384 e. The average Bonchev–Trinajstić information content (AvgIpc) is 3.18. The van der Waals surface area contributed by atoms with Gasteiger partial charge in [-0.3, -0.25) is 4.98 Å². The van der Waals surface area contributed by atoms with Gasteiger partial charge in [-0.2, -0.15) is 0 Å². The lowest BCUT2D eigenvalue weighted by Gasteiger charge is -2.16. The van der Waals surface area contributed by atoms with Crippen LogP contribution in [-0.2, 0) is 10.0 Å². The van der Waals surface area contributed by atoms with Crippen molar-refractivity contribution in [2.24, 2.45) is 5.41 Å². The number of nitrogens with one attached hydrogen (secondary N) is 2. The summed E-state index contributed by atoms with van der Waals surface area (Å²) in [6.45, 7) is 5.28. The summed E-state index contributed by atoms with van der Waals surface area (Å²) in [7, 11) is -3.50. The van der Waals surface area contributed by atoms with E-state index in [-0.39, 0.29) is 10.3 Å². The van der Waals surface area contributed by atoms with Crippen molar-refractivity contribution in [1.82, 2.24) is 9.71 Å². The van der Waals surface area contributed by atoms with E-state index in [0.717, 1.165) is 25.7 Å². The van der Waals surface area contributed by atoms with E-state index in [1.54, 1.807) is 12.3 Å². The molecule has 1 aliphatic carbocycles. The molecule has 1 fully saturated rings. The first-order valence-corrected chi connectivity index (χ1v) is 8.69. The van der Waals surface area contributed by atoms with Crippen LogP contribution in [0.25, 0.3) is 0 Å². The molecule has 0 spiro atoms. The second kappa shape index (κ2) is 6.10. The average molecular weight is 297 g/mol. The molecular formula is C14H23N3O2S. The third kappa shape index (κ3) is 3.49. The molecule has 0 radical (unpaired) electrons. The van der Waals surface area contributed by atoms with Gasteiger partial charge < -0.3 is 5.32 Å². The predicted molar refractivity (Wildman–Crippen MR) is 80.2 cm³/mol. The molecule has 20 heavy (non-hydrogen) atoms. The summed E-state index contributed by atoms with van der Waals surface area (Å²) >= 11 is 0. The van der Waals surface area contributed by atoms with E-state index >= 15 is 0 Å². The second-order valence-electron chi connectivity index (χ2n) is 5.48. The van der Waals surface area contributed by atoms with Crippen molar-refractivity contribution in [2.45, 2.75) is 44.4 Å². The van der Waals surface area contributed by atoms with Gasteiger partial charge in [0, 0.05) is 25.5 Å². The van der Waals surface area contributed by atoms with Crippen molar-refractivity contribution in [1.29, 1.82) is 0 Å². The maximum Gasteiger partial charge on any atom is 0.244 e. The van der Waals surface area contributed by atoms with Gasteiger partial charge in [-0.15, -0.1) is 0 Å². The van der Waals surface area contributed by atoms with E-state index in [9.17, 15) is 8.42 Å². The number of pyridine rings is 1. The molecule has 1 heterocycles. The molecule has 1 aliphatic rings. The second-order valence-corrected chi connectivity index (χ2v) is 7.21. The Kier molecular flexibility index (Phi) is 4.65. The normalized spacial score (nSPS) is 16.9. The zero-order chi connectivity index (χ0) is 14.6. The highest BCUT2D eigenvalue weighted by Gasteiger charge is 2.42. The summed E-state index contributed by atoms with van der Waals surface area (Å²) in [4.78, 5) is 4.16. The maximum atomic E-state index is 12.4. The largest absolute Gasteiger partial charge is 0.384 e. The van der Waals surface area contributed by atoms with Crippen LogP contribution in [0.15, 0.2) is 23.4 Å². The molecule has 112 valence electrons. The lowest BCUT2D eigenvalue weighted by atomic mass is 10.0. The van der Waals surface area contributed by atoms with Gasteiger partial charge in [-0.05, 0) is 37.7 Å². The molecule has 0 aromatic carbocycles. The van der Waals surface area contributed by atoms with Crippen molar-refractivity contribution >= 4 is 15.7 Å². The van der Waals surface area contributed by atoms with Crippen LogP contribution in [0.1, 0.15) is 39.5 Å². The van der Waals surface area contributed by atoms with Crippen molar-refractivity contribution in [3.05, 3.63) is 18.5 Å². The molecule has 0 aliphatic heterocycles. The van der Waals surface area contributed by atoms with Crippen LogP contribution >= 0.6 is 0 Å². The molecular weight excluding hydrogens is 274 g/mol. The molecule has 5 nitrogen and oxygen atoms in total. The van der Waals surface area contributed by atoms with Crippen LogP contribution in [-0.4, -0.2) is 26.5 Å². The highest BCUT2D eigenvalue weighted by atomic mass is 32.2. The molecule has 0 saturated heterocycles. The Morgan fingerprint density at radius 2 is 2.10 bits per heavy atom. The van der Waals surface area contributed by atoms with Gasteiger partial charge in [0.1, 0.15) is 4.90 Å². The highest BCUT2D eigenvalue weighted by Crippen LogP contribution is 2.49. The summed E-state index contributed by atoms with van der Waals surface area (Å²) in [5.41, 5.74) is 0.804. The molecule has 0 amide bonds. The number of rotatable bonds is 8. The smallest absolute Gasteiger partial charge is 0.244 e. The van der Waals surface area contributed by atoms with Crippen LogP contribution in [0.3, 0.4) is 0 Å². The quantitative estimate of drug-likeness (QED) is 0.773. The molecule has 0 bridgehead atoms. The molecule has 0 unspecified atom stereocenters. The molecule has 2 rings (SSSR count). The van der Waals surface area contributed by atoms with Crippen molar-refractivity contribution in [3.8, 4) is 0 Å². The zero-order valence-electron chi connectivity index (χ0n) is 12.1. The van der Waals surface area contributed by atoms with Crippen LogP contribution in [0, 0.1) is 5.41 Å². The van der Waals surface area contributed by atoms with Gasteiger partial charge in [0.15, 0.2) is 0 Å². The van der Waals surface area contributed by atoms with Gasteiger partial charge in [-0.25, -0.2) is 13.1 Å². The Hall–Kier alpha value is -1.14. The van der Waals surface area contributed by atoms with Gasteiger partial charge in [0.2, 0.25) is 10.0 Å². The summed E-state index contributed by atoms with van der Waals surface area (Å²) in [5, 5.41) is 3.06. The number of hydrogen-bond donors (Lipinski definition) is 2. The van der Waals surface area contributed by atoms with E-state index in [1.807, 2.05) is 6.92 Å². The van der Waals surface area contributed by atoms with E-state index in [0.29, 0.717) is 18.8 Å². The predicted octanol–water partition coefficient (Wildman–Crippen LogP) is 2.37. The number of hydrogen-bond acceptors (Lipinski definition) is 4. The fourth-order valence-corrected chi connectivity index (χ4v) is 3.76. The van der Waals surface area contributed by atoms with Gasteiger partial charge in [-0.1, -0.05) is 13.3 Å². The summed E-state index contributed by atoms with van der Waals surface area (Å²) in [6.07, 6.45) is 7.42. The van der Waals surface area contributed by atoms with Crippen LogP contribution in [0.5, 0.6) is 0 Å². The maximum absolute atomic E-state index is 12.4. The van der Waals surface area contributed by atoms with E-state index < -0.39 is 10.0 Å². The van der Waals surface area contributed by atoms with E-state index in [1.165, 1.54) is 6.20 Å². The topological polar surface area (TPSA) is 71.1 Å². The third-order valence-corrected chi connectivity index (χ3v) is 5.24. The summed E-state index contributed by atoms with van der Waals surface area (Å²) in [6, 6.07) is 1.69. The number of nitrogens with zero attached hydrogens (tertiary/aromatic N) is 1. The molecule has 1 aromatic rings. The highest BCUT2D eigenvalue weighted by molar-refractivity contribution is 7.89. The fraction of sp³-hybridized carbons (Fsp3) is 0.643. The van der Waals surface area contributed by atoms with E-state index in [2.05, 4.69) is 21.9 Å². The SMILES string of the molecule is CCCC1(CNS(=O)(=O)c2cnccc2NCC)CC1. The summed E-state index contributed by atoms with van der Waals surface area (Å²) in [5.74, 6) is 0. The monoisotopic (exact) mass is 297 g/mol. The Morgan fingerprint density at radius 3 is 2.70 bits per heavy atom. The minimum atomic E-state index is -3.50. The van der Waals surface area contributed by atoms with Crippen molar-refractivity contribution in [2.75, 3.05) is 18.4 Å². The minimum absolute atomic E-state index is 0.197. The van der Waals surface area contributed by atoms with Crippen LogP contribution in [0.2, 0.25) is 0 Å². The standard InChI is InChI=1S/C14H23N3O2S/c1-3-6-14(7-8-14)11-17-20(18,19)13-10-15-9-5-12(13)16-4-2/h5,9-10,17H,3-4,6-8,11H2,1-2H3,(H,15,16). The molecule has 0 atom stereocenters. The Balaban J connectivity index is 2.10. The lowest BCUT2D eigenvalue weighted by Crippen LogP contribution is -2.31. The van der Waals surface area contributed by atoms with Crippen LogP contribution in [0.4, 0.5) is 5.69 Å². The fourth-order valence-electron chi connectivity index (χ4n) is 2.48. The number of sulfonamides is 1. The molecule has 1 saturated carbocycles. The Labute approximate surface area is 121 Å².